The van der Waals surface area contributed by atoms with Crippen LogP contribution in [0.4, 0.5) is 0 Å². The molecule has 1 amide bonds. The molecule has 1 aliphatic rings. The number of hydrogen-bond acceptors (Lipinski definition) is 4. The third-order valence-corrected chi connectivity index (χ3v) is 4.87. The van der Waals surface area contributed by atoms with Crippen LogP contribution in [0, 0.1) is 0 Å². The van der Waals surface area contributed by atoms with Crippen LogP contribution in [-0.2, 0) is 0 Å². The van der Waals surface area contributed by atoms with Gasteiger partial charge < -0.3 is 9.42 Å². The average Bonchev–Trinajstić information content (AvgIpc) is 3.18. The van der Waals surface area contributed by atoms with Crippen molar-refractivity contribution in [1.82, 2.24) is 15.0 Å². The zero-order valence-electron chi connectivity index (χ0n) is 14.2. The van der Waals surface area contributed by atoms with Gasteiger partial charge in [-0.1, -0.05) is 41.0 Å². The number of halogens is 1. The van der Waals surface area contributed by atoms with Crippen LogP contribution in [0.15, 0.2) is 53.1 Å². The molecule has 1 saturated heterocycles. The molecule has 0 bridgehead atoms. The van der Waals surface area contributed by atoms with Gasteiger partial charge in [-0.15, -0.1) is 0 Å². The van der Waals surface area contributed by atoms with Gasteiger partial charge >= 0.3 is 0 Å². The molecule has 4 rings (SSSR count). The fourth-order valence-electron chi connectivity index (χ4n) is 3.16. The molecule has 0 saturated carbocycles. The van der Waals surface area contributed by atoms with Gasteiger partial charge in [0.05, 0.1) is 10.6 Å². The van der Waals surface area contributed by atoms with Gasteiger partial charge in [0.2, 0.25) is 5.82 Å². The number of likely N-dealkylation sites (tertiary alicyclic amines) is 1. The lowest BCUT2D eigenvalue weighted by Crippen LogP contribution is -2.35. The Labute approximate surface area is 156 Å². The molecule has 0 unspecified atom stereocenters. The van der Waals surface area contributed by atoms with E-state index in [-0.39, 0.29) is 5.91 Å². The second-order valence-electron chi connectivity index (χ2n) is 6.34. The first kappa shape index (κ1) is 16.8. The monoisotopic (exact) mass is 367 g/mol. The number of piperidine rings is 1. The SMILES string of the molecule is O=C(c1cccc(-c2noc(-c3ccccc3Cl)n2)c1)N1CCCCC1. The number of aromatic nitrogens is 2. The highest BCUT2D eigenvalue weighted by Crippen LogP contribution is 2.28. The summed E-state index contributed by atoms with van der Waals surface area (Å²) in [6.45, 7) is 1.64. The van der Waals surface area contributed by atoms with Crippen molar-refractivity contribution in [2.45, 2.75) is 19.3 Å². The Hall–Kier alpha value is -2.66. The zero-order valence-corrected chi connectivity index (χ0v) is 14.9. The number of carbonyl (C=O) groups is 1. The van der Waals surface area contributed by atoms with E-state index >= 15 is 0 Å². The van der Waals surface area contributed by atoms with Crippen LogP contribution in [0.2, 0.25) is 5.02 Å². The highest BCUT2D eigenvalue weighted by atomic mass is 35.5. The largest absolute Gasteiger partial charge is 0.339 e. The van der Waals surface area contributed by atoms with E-state index in [2.05, 4.69) is 10.1 Å². The minimum atomic E-state index is 0.0568. The minimum Gasteiger partial charge on any atom is -0.339 e. The maximum atomic E-state index is 12.7. The predicted molar refractivity (Wildman–Crippen MR) is 99.9 cm³/mol. The molecule has 3 aromatic rings. The van der Waals surface area contributed by atoms with Crippen LogP contribution in [-0.4, -0.2) is 34.0 Å². The van der Waals surface area contributed by atoms with Gasteiger partial charge in [0, 0.05) is 24.2 Å². The Balaban J connectivity index is 1.61. The fraction of sp³-hybridized carbons (Fsp3) is 0.250. The predicted octanol–water partition coefficient (Wildman–Crippen LogP) is 4.68. The third-order valence-electron chi connectivity index (χ3n) is 4.54. The van der Waals surface area contributed by atoms with Crippen LogP contribution >= 0.6 is 11.6 Å². The summed E-state index contributed by atoms with van der Waals surface area (Å²) in [4.78, 5) is 19.0. The number of rotatable bonds is 3. The molecule has 6 heteroatoms. The van der Waals surface area contributed by atoms with Crippen LogP contribution in [0.3, 0.4) is 0 Å². The van der Waals surface area contributed by atoms with Crippen LogP contribution in [0.25, 0.3) is 22.8 Å². The molecule has 0 atom stereocenters. The molecular weight excluding hydrogens is 350 g/mol. The first-order valence-electron chi connectivity index (χ1n) is 8.71. The summed E-state index contributed by atoms with van der Waals surface area (Å²) in [6.07, 6.45) is 3.33. The molecule has 2 aromatic carbocycles. The minimum absolute atomic E-state index is 0.0568. The first-order valence-corrected chi connectivity index (χ1v) is 9.08. The number of nitrogens with zero attached hydrogens (tertiary/aromatic N) is 3. The number of carbonyl (C=O) groups excluding carboxylic acids is 1. The molecule has 2 heterocycles. The first-order chi connectivity index (χ1) is 12.7. The van der Waals surface area contributed by atoms with Gasteiger partial charge in [-0.05, 0) is 43.5 Å². The molecule has 1 aromatic heterocycles. The molecule has 1 aliphatic heterocycles. The van der Waals surface area contributed by atoms with E-state index in [0.29, 0.717) is 27.9 Å². The second kappa shape index (κ2) is 7.30. The van der Waals surface area contributed by atoms with Crippen molar-refractivity contribution in [3.05, 3.63) is 59.1 Å². The highest BCUT2D eigenvalue weighted by Gasteiger charge is 2.19. The summed E-state index contributed by atoms with van der Waals surface area (Å²) in [5, 5.41) is 4.60. The standard InChI is InChI=1S/C20H18ClN3O2/c21-17-10-3-2-9-16(17)19-22-18(23-26-19)14-7-6-8-15(13-14)20(25)24-11-4-1-5-12-24/h2-3,6-10,13H,1,4-5,11-12H2. The van der Waals surface area contributed by atoms with E-state index < -0.39 is 0 Å². The lowest BCUT2D eigenvalue weighted by molar-refractivity contribution is 0.0724. The van der Waals surface area contributed by atoms with Crippen molar-refractivity contribution in [1.29, 1.82) is 0 Å². The highest BCUT2D eigenvalue weighted by molar-refractivity contribution is 6.33. The molecule has 5 nitrogen and oxygen atoms in total. The van der Waals surface area contributed by atoms with Crippen molar-refractivity contribution >= 4 is 17.5 Å². The second-order valence-corrected chi connectivity index (χ2v) is 6.74. The van der Waals surface area contributed by atoms with Crippen molar-refractivity contribution in [2.75, 3.05) is 13.1 Å². The topological polar surface area (TPSA) is 59.2 Å². The van der Waals surface area contributed by atoms with Crippen LogP contribution < -0.4 is 0 Å². The molecule has 1 fully saturated rings. The molecule has 26 heavy (non-hydrogen) atoms. The number of benzene rings is 2. The summed E-state index contributed by atoms with van der Waals surface area (Å²) in [6, 6.07) is 14.7. The van der Waals surface area contributed by atoms with E-state index in [1.165, 1.54) is 6.42 Å². The third kappa shape index (κ3) is 3.35. The van der Waals surface area contributed by atoms with Gasteiger partial charge in [-0.3, -0.25) is 4.79 Å². The normalized spacial score (nSPS) is 14.4. The Bertz CT molecular complexity index is 932. The van der Waals surface area contributed by atoms with Crippen LogP contribution in [0.5, 0.6) is 0 Å². The summed E-state index contributed by atoms with van der Waals surface area (Å²) in [5.41, 5.74) is 2.08. The quantitative estimate of drug-likeness (QED) is 0.674. The average molecular weight is 368 g/mol. The van der Waals surface area contributed by atoms with E-state index in [9.17, 15) is 4.79 Å². The van der Waals surface area contributed by atoms with Gasteiger partial charge in [0.15, 0.2) is 0 Å². The Morgan fingerprint density at radius 3 is 2.65 bits per heavy atom. The molecule has 132 valence electrons. The van der Waals surface area contributed by atoms with Gasteiger partial charge in [0.1, 0.15) is 0 Å². The van der Waals surface area contributed by atoms with Crippen molar-refractivity contribution in [3.63, 3.8) is 0 Å². The fourth-order valence-corrected chi connectivity index (χ4v) is 3.37. The Kier molecular flexibility index (Phi) is 4.71. The lowest BCUT2D eigenvalue weighted by Gasteiger charge is -2.26. The molecule has 0 radical (unpaired) electrons. The van der Waals surface area contributed by atoms with E-state index in [4.69, 9.17) is 16.1 Å². The van der Waals surface area contributed by atoms with Crippen LogP contribution in [0.1, 0.15) is 29.6 Å². The number of amides is 1. The van der Waals surface area contributed by atoms with E-state index in [1.54, 1.807) is 6.07 Å². The van der Waals surface area contributed by atoms with Crippen molar-refractivity contribution in [2.24, 2.45) is 0 Å². The van der Waals surface area contributed by atoms with Gasteiger partial charge in [0.25, 0.3) is 11.8 Å². The summed E-state index contributed by atoms with van der Waals surface area (Å²) in [7, 11) is 0. The molecule has 0 N–H and O–H groups in total. The Morgan fingerprint density at radius 2 is 1.85 bits per heavy atom. The molecule has 0 aliphatic carbocycles. The molecular formula is C20H18ClN3O2. The summed E-state index contributed by atoms with van der Waals surface area (Å²) in [5.74, 6) is 0.855. The van der Waals surface area contributed by atoms with Gasteiger partial charge in [-0.2, -0.15) is 4.98 Å². The van der Waals surface area contributed by atoms with E-state index in [0.717, 1.165) is 31.5 Å². The smallest absolute Gasteiger partial charge is 0.259 e. The Morgan fingerprint density at radius 1 is 1.04 bits per heavy atom. The molecule has 0 spiro atoms. The lowest BCUT2D eigenvalue weighted by atomic mass is 10.1. The number of hydrogen-bond donors (Lipinski definition) is 0. The summed E-state index contributed by atoms with van der Waals surface area (Å²) < 4.78 is 5.36. The summed E-state index contributed by atoms with van der Waals surface area (Å²) >= 11 is 6.19. The maximum Gasteiger partial charge on any atom is 0.259 e. The zero-order chi connectivity index (χ0) is 17.9. The van der Waals surface area contributed by atoms with Crippen molar-refractivity contribution < 1.29 is 9.32 Å². The maximum absolute atomic E-state index is 12.7. The van der Waals surface area contributed by atoms with E-state index in [1.807, 2.05) is 47.4 Å². The van der Waals surface area contributed by atoms with Gasteiger partial charge in [-0.25, -0.2) is 0 Å². The van der Waals surface area contributed by atoms with Crippen molar-refractivity contribution in [3.8, 4) is 22.8 Å².